The fraction of sp³-hybridized carbons (Fsp3) is 0.455. The van der Waals surface area contributed by atoms with Crippen molar-refractivity contribution in [2.24, 2.45) is 22.2 Å². The Kier molecular flexibility index (Phi) is 13.1. The van der Waals surface area contributed by atoms with Crippen LogP contribution >= 0.6 is 0 Å². The van der Waals surface area contributed by atoms with Gasteiger partial charge in [-0.3, -0.25) is 24.2 Å². The molecule has 0 saturated carbocycles. The molecule has 0 aliphatic carbocycles. The molecule has 0 saturated heterocycles. The molecule has 4 unspecified atom stereocenters. The lowest BCUT2D eigenvalue weighted by molar-refractivity contribution is -0.143. The number of carbonyl (C=O) groups excluding carboxylic acids is 3. The number of aliphatic imine (C=N–C) groups is 1. The first-order valence-electron chi connectivity index (χ1n) is 11.3. The second-order valence-electron chi connectivity index (χ2n) is 8.05. The van der Waals surface area contributed by atoms with E-state index < -0.39 is 66.9 Å². The number of amides is 3. The summed E-state index contributed by atoms with van der Waals surface area (Å²) in [6.45, 7) is -0.815. The fourth-order valence-electron chi connectivity index (χ4n) is 3.12. The van der Waals surface area contributed by atoms with E-state index in [4.69, 9.17) is 22.3 Å². The predicted octanol–water partition coefficient (Wildman–Crippen LogP) is -3.38. The van der Waals surface area contributed by atoms with E-state index in [9.17, 15) is 34.2 Å². The number of nitrogens with two attached hydrogens (primary N) is 3. The highest BCUT2D eigenvalue weighted by atomic mass is 16.4. The van der Waals surface area contributed by atoms with Crippen molar-refractivity contribution in [2.45, 2.75) is 49.9 Å². The van der Waals surface area contributed by atoms with Crippen LogP contribution in [-0.4, -0.2) is 88.3 Å². The highest BCUT2D eigenvalue weighted by Gasteiger charge is 2.31. The molecule has 1 aromatic rings. The summed E-state index contributed by atoms with van der Waals surface area (Å²) in [6.07, 6.45) is -0.560. The van der Waals surface area contributed by atoms with Crippen LogP contribution in [0.15, 0.2) is 35.3 Å². The number of rotatable bonds is 16. The third-order valence-electron chi connectivity index (χ3n) is 5.02. The lowest BCUT2D eigenvalue weighted by Gasteiger charge is -2.23. The van der Waals surface area contributed by atoms with Crippen molar-refractivity contribution in [3.63, 3.8) is 0 Å². The predicted molar refractivity (Wildman–Crippen MR) is 131 cm³/mol. The minimum Gasteiger partial charge on any atom is -0.481 e. The largest absolute Gasteiger partial charge is 0.481 e. The van der Waals surface area contributed by atoms with Crippen LogP contribution in [0.3, 0.4) is 0 Å². The van der Waals surface area contributed by atoms with Crippen molar-refractivity contribution in [1.82, 2.24) is 16.0 Å². The lowest BCUT2D eigenvalue weighted by atomic mass is 10.1. The Labute approximate surface area is 212 Å². The number of carboxylic acids is 2. The Hall–Kier alpha value is -4.24. The van der Waals surface area contributed by atoms with E-state index in [0.29, 0.717) is 0 Å². The standard InChI is InChI=1S/C22H33N7O8/c23-13(9-12-5-2-1-3-6-12)18(33)28-15(10-17(31)32)19(34)29-16(11-30)20(35)27-14(21(36)37)7-4-8-26-22(24)25/h1-3,5-6,13-16,30H,4,7-11,23H2,(H,27,35)(H,28,33)(H,29,34)(H,31,32)(H,36,37)(H4,24,25,26). The molecule has 37 heavy (non-hydrogen) atoms. The van der Waals surface area contributed by atoms with Crippen LogP contribution in [0.5, 0.6) is 0 Å². The van der Waals surface area contributed by atoms with Gasteiger partial charge in [0.2, 0.25) is 17.7 Å². The molecule has 4 atom stereocenters. The molecular weight excluding hydrogens is 490 g/mol. The van der Waals surface area contributed by atoms with E-state index in [0.717, 1.165) is 5.56 Å². The monoisotopic (exact) mass is 523 g/mol. The lowest BCUT2D eigenvalue weighted by Crippen LogP contribution is -2.58. The molecule has 204 valence electrons. The normalized spacial score (nSPS) is 13.8. The maximum absolute atomic E-state index is 12.7. The van der Waals surface area contributed by atoms with E-state index in [1.165, 1.54) is 0 Å². The second-order valence-corrected chi connectivity index (χ2v) is 8.05. The Morgan fingerprint density at radius 3 is 1.97 bits per heavy atom. The van der Waals surface area contributed by atoms with Gasteiger partial charge >= 0.3 is 11.9 Å². The molecule has 15 nitrogen and oxygen atoms in total. The summed E-state index contributed by atoms with van der Waals surface area (Å²) in [6, 6.07) is 3.04. The molecule has 0 aromatic heterocycles. The quantitative estimate of drug-likeness (QED) is 0.0585. The number of aliphatic hydroxyl groups excluding tert-OH is 1. The van der Waals surface area contributed by atoms with Crippen LogP contribution < -0.4 is 33.2 Å². The summed E-state index contributed by atoms with van der Waals surface area (Å²) < 4.78 is 0. The molecule has 15 heteroatoms. The molecule has 0 aliphatic rings. The first-order chi connectivity index (χ1) is 17.4. The number of hydrogen-bond acceptors (Lipinski definition) is 8. The fourth-order valence-corrected chi connectivity index (χ4v) is 3.12. The minimum atomic E-state index is -1.63. The number of hydrogen-bond donors (Lipinski definition) is 9. The average molecular weight is 524 g/mol. The summed E-state index contributed by atoms with van der Waals surface area (Å²) in [5, 5.41) is 34.6. The van der Waals surface area contributed by atoms with E-state index in [2.05, 4.69) is 20.9 Å². The zero-order valence-electron chi connectivity index (χ0n) is 20.0. The highest BCUT2D eigenvalue weighted by Crippen LogP contribution is 2.04. The van der Waals surface area contributed by atoms with Crippen molar-refractivity contribution in [3.8, 4) is 0 Å². The molecule has 0 radical (unpaired) electrons. The van der Waals surface area contributed by atoms with Crippen molar-refractivity contribution >= 4 is 35.6 Å². The highest BCUT2D eigenvalue weighted by molar-refractivity contribution is 5.95. The van der Waals surface area contributed by atoms with Crippen molar-refractivity contribution in [1.29, 1.82) is 0 Å². The van der Waals surface area contributed by atoms with E-state index >= 15 is 0 Å². The van der Waals surface area contributed by atoms with E-state index in [1.807, 2.05) is 0 Å². The third-order valence-corrected chi connectivity index (χ3v) is 5.02. The van der Waals surface area contributed by atoms with Crippen molar-refractivity contribution in [3.05, 3.63) is 35.9 Å². The number of guanidine groups is 1. The maximum atomic E-state index is 12.7. The van der Waals surface area contributed by atoms with Gasteiger partial charge in [-0.2, -0.15) is 0 Å². The molecule has 3 amide bonds. The van der Waals surface area contributed by atoms with Gasteiger partial charge < -0.3 is 48.5 Å². The van der Waals surface area contributed by atoms with Gasteiger partial charge in [-0.25, -0.2) is 4.79 Å². The summed E-state index contributed by atoms with van der Waals surface area (Å²) in [4.78, 5) is 64.1. The van der Waals surface area contributed by atoms with Crippen LogP contribution in [-0.2, 0) is 30.4 Å². The van der Waals surface area contributed by atoms with Crippen LogP contribution in [0.4, 0.5) is 0 Å². The van der Waals surface area contributed by atoms with Gasteiger partial charge in [0, 0.05) is 6.54 Å². The van der Waals surface area contributed by atoms with Gasteiger partial charge in [-0.1, -0.05) is 30.3 Å². The first kappa shape index (κ1) is 30.8. The number of nitrogens with zero attached hydrogens (tertiary/aromatic N) is 1. The molecule has 1 rings (SSSR count). The molecular formula is C22H33N7O8. The molecule has 0 aliphatic heterocycles. The molecule has 1 aromatic carbocycles. The Morgan fingerprint density at radius 1 is 0.865 bits per heavy atom. The summed E-state index contributed by atoms with van der Waals surface area (Å²) >= 11 is 0. The zero-order valence-corrected chi connectivity index (χ0v) is 20.0. The summed E-state index contributed by atoms with van der Waals surface area (Å²) in [5.74, 6) is -5.90. The number of aliphatic carboxylic acids is 2. The average Bonchev–Trinajstić information content (AvgIpc) is 2.83. The minimum absolute atomic E-state index is 0.0546. The summed E-state index contributed by atoms with van der Waals surface area (Å²) in [7, 11) is 0. The van der Waals surface area contributed by atoms with Gasteiger partial charge in [0.05, 0.1) is 19.1 Å². The molecule has 0 heterocycles. The van der Waals surface area contributed by atoms with Gasteiger partial charge in [0.15, 0.2) is 5.96 Å². The van der Waals surface area contributed by atoms with Gasteiger partial charge in [-0.15, -0.1) is 0 Å². The number of carbonyl (C=O) groups is 5. The molecule has 12 N–H and O–H groups in total. The molecule has 0 bridgehead atoms. The SMILES string of the molecule is NC(N)=NCCCC(NC(=O)C(CO)NC(=O)C(CC(=O)O)NC(=O)C(N)Cc1ccccc1)C(=O)O. The van der Waals surface area contributed by atoms with E-state index in [-0.39, 0.29) is 31.8 Å². The first-order valence-corrected chi connectivity index (χ1v) is 11.3. The third kappa shape index (κ3) is 11.8. The number of nitrogens with one attached hydrogen (secondary N) is 3. The second kappa shape index (κ2) is 15.7. The topological polar surface area (TPSA) is 273 Å². The van der Waals surface area contributed by atoms with Crippen molar-refractivity contribution in [2.75, 3.05) is 13.2 Å². The number of aliphatic hydroxyl groups is 1. The van der Waals surface area contributed by atoms with Crippen LogP contribution in [0.2, 0.25) is 0 Å². The Balaban J connectivity index is 2.81. The van der Waals surface area contributed by atoms with Gasteiger partial charge in [0.1, 0.15) is 18.1 Å². The summed E-state index contributed by atoms with van der Waals surface area (Å²) in [5.41, 5.74) is 17.0. The number of benzene rings is 1. The maximum Gasteiger partial charge on any atom is 0.326 e. The van der Waals surface area contributed by atoms with Crippen LogP contribution in [0.25, 0.3) is 0 Å². The zero-order chi connectivity index (χ0) is 28.0. The van der Waals surface area contributed by atoms with Crippen LogP contribution in [0.1, 0.15) is 24.8 Å². The molecule has 0 fully saturated rings. The van der Waals surface area contributed by atoms with Crippen LogP contribution in [0, 0.1) is 0 Å². The van der Waals surface area contributed by atoms with Crippen molar-refractivity contribution < 1.29 is 39.3 Å². The van der Waals surface area contributed by atoms with E-state index in [1.54, 1.807) is 30.3 Å². The number of carboxylic acid groups (broad SMARTS) is 2. The Bertz CT molecular complexity index is 969. The Morgan fingerprint density at radius 2 is 1.43 bits per heavy atom. The van der Waals surface area contributed by atoms with Gasteiger partial charge in [-0.05, 0) is 24.8 Å². The smallest absolute Gasteiger partial charge is 0.326 e. The molecule has 0 spiro atoms. The van der Waals surface area contributed by atoms with Gasteiger partial charge in [0.25, 0.3) is 0 Å².